The second-order valence-electron chi connectivity index (χ2n) is 4.47. The lowest BCUT2D eigenvalue weighted by atomic mass is 9.83. The molecule has 0 atom stereocenters. The first kappa shape index (κ1) is 15.0. The van der Waals surface area contributed by atoms with Crippen LogP contribution < -0.4 is 0 Å². The zero-order chi connectivity index (χ0) is 12.6. The number of hydrogen-bond acceptors (Lipinski definition) is 3. The highest BCUT2D eigenvalue weighted by atomic mass is 79.9. The standard InChI is InChI=1S/C13H21BrN2S/c1-3-5-13(10-14,6-4-2)11-17-12-9-15-7-8-16-12/h7-9H,3-6,10-11H2,1-2H3. The molecule has 0 aliphatic heterocycles. The molecule has 1 aromatic heterocycles. The van der Waals surface area contributed by atoms with Crippen LogP contribution in [0.2, 0.25) is 0 Å². The molecule has 2 nitrogen and oxygen atoms in total. The Labute approximate surface area is 117 Å². The molecule has 96 valence electrons. The quantitative estimate of drug-likeness (QED) is 0.519. The van der Waals surface area contributed by atoms with Gasteiger partial charge in [0.15, 0.2) is 0 Å². The largest absolute Gasteiger partial charge is 0.260 e. The number of aromatic nitrogens is 2. The second kappa shape index (κ2) is 8.09. The van der Waals surface area contributed by atoms with Crippen LogP contribution >= 0.6 is 27.7 Å². The van der Waals surface area contributed by atoms with Crippen LogP contribution in [0.25, 0.3) is 0 Å². The molecule has 0 radical (unpaired) electrons. The topological polar surface area (TPSA) is 25.8 Å². The van der Waals surface area contributed by atoms with E-state index in [4.69, 9.17) is 0 Å². The highest BCUT2D eigenvalue weighted by molar-refractivity contribution is 9.09. The normalized spacial score (nSPS) is 11.7. The Morgan fingerprint density at radius 2 is 1.94 bits per heavy atom. The Balaban J connectivity index is 2.59. The Morgan fingerprint density at radius 3 is 2.41 bits per heavy atom. The molecule has 0 N–H and O–H groups in total. The fourth-order valence-corrected chi connectivity index (χ4v) is 4.23. The molecule has 0 fully saturated rings. The van der Waals surface area contributed by atoms with Crippen LogP contribution in [0.3, 0.4) is 0 Å². The van der Waals surface area contributed by atoms with Gasteiger partial charge in [0.2, 0.25) is 0 Å². The summed E-state index contributed by atoms with van der Waals surface area (Å²) >= 11 is 5.53. The smallest absolute Gasteiger partial charge is 0.114 e. The molecule has 4 heteroatoms. The van der Waals surface area contributed by atoms with Gasteiger partial charge in [-0.2, -0.15) is 0 Å². The highest BCUT2D eigenvalue weighted by Crippen LogP contribution is 2.37. The number of hydrogen-bond donors (Lipinski definition) is 0. The lowest BCUT2D eigenvalue weighted by molar-refractivity contribution is 0.320. The van der Waals surface area contributed by atoms with E-state index in [0.29, 0.717) is 5.41 Å². The van der Waals surface area contributed by atoms with Gasteiger partial charge in [-0.3, -0.25) is 4.98 Å². The van der Waals surface area contributed by atoms with Gasteiger partial charge in [0.25, 0.3) is 0 Å². The lowest BCUT2D eigenvalue weighted by Crippen LogP contribution is -2.25. The molecule has 0 saturated carbocycles. The average Bonchev–Trinajstić information content (AvgIpc) is 2.38. The van der Waals surface area contributed by atoms with E-state index in [-0.39, 0.29) is 0 Å². The molecule has 0 amide bonds. The Kier molecular flexibility index (Phi) is 7.12. The Morgan fingerprint density at radius 1 is 1.24 bits per heavy atom. The summed E-state index contributed by atoms with van der Waals surface area (Å²) in [5, 5.41) is 2.11. The molecule has 1 heterocycles. The fourth-order valence-electron chi connectivity index (χ4n) is 2.09. The third kappa shape index (κ3) is 4.96. The number of nitrogens with zero attached hydrogens (tertiary/aromatic N) is 2. The maximum atomic E-state index is 4.32. The van der Waals surface area contributed by atoms with Crippen molar-refractivity contribution in [3.05, 3.63) is 18.6 Å². The summed E-state index contributed by atoms with van der Waals surface area (Å²) in [6.45, 7) is 4.53. The zero-order valence-electron chi connectivity index (χ0n) is 10.7. The summed E-state index contributed by atoms with van der Waals surface area (Å²) in [6, 6.07) is 0. The first-order valence-electron chi connectivity index (χ1n) is 6.21. The lowest BCUT2D eigenvalue weighted by Gasteiger charge is -2.31. The average molecular weight is 317 g/mol. The molecule has 0 bridgehead atoms. The molecule has 0 aromatic carbocycles. The van der Waals surface area contributed by atoms with Gasteiger partial charge in [0.1, 0.15) is 5.03 Å². The van der Waals surface area contributed by atoms with Crippen molar-refractivity contribution in [2.45, 2.75) is 44.6 Å². The molecular weight excluding hydrogens is 296 g/mol. The minimum Gasteiger partial charge on any atom is -0.260 e. The van der Waals surface area contributed by atoms with Crippen LogP contribution in [0.4, 0.5) is 0 Å². The van der Waals surface area contributed by atoms with Crippen LogP contribution in [-0.4, -0.2) is 21.1 Å². The van der Waals surface area contributed by atoms with Crippen LogP contribution in [0, 0.1) is 5.41 Å². The van der Waals surface area contributed by atoms with Crippen molar-refractivity contribution in [2.24, 2.45) is 5.41 Å². The first-order chi connectivity index (χ1) is 8.26. The summed E-state index contributed by atoms with van der Waals surface area (Å²) < 4.78 is 0. The highest BCUT2D eigenvalue weighted by Gasteiger charge is 2.27. The third-order valence-corrected chi connectivity index (χ3v) is 5.36. The van der Waals surface area contributed by atoms with Crippen molar-refractivity contribution in [3.63, 3.8) is 0 Å². The molecule has 0 spiro atoms. The third-order valence-electron chi connectivity index (χ3n) is 2.91. The zero-order valence-corrected chi connectivity index (χ0v) is 13.1. The van der Waals surface area contributed by atoms with E-state index in [1.54, 1.807) is 12.4 Å². The van der Waals surface area contributed by atoms with E-state index >= 15 is 0 Å². The monoisotopic (exact) mass is 316 g/mol. The van der Waals surface area contributed by atoms with E-state index < -0.39 is 0 Å². The first-order valence-corrected chi connectivity index (χ1v) is 8.32. The minimum atomic E-state index is 0.408. The number of thioether (sulfide) groups is 1. The molecule has 0 saturated heterocycles. The van der Waals surface area contributed by atoms with Crippen molar-refractivity contribution < 1.29 is 0 Å². The van der Waals surface area contributed by atoms with Crippen LogP contribution in [-0.2, 0) is 0 Å². The fraction of sp³-hybridized carbons (Fsp3) is 0.692. The molecular formula is C13H21BrN2S. The summed E-state index contributed by atoms with van der Waals surface area (Å²) in [5.74, 6) is 1.12. The predicted molar refractivity (Wildman–Crippen MR) is 78.8 cm³/mol. The van der Waals surface area contributed by atoms with E-state index in [0.717, 1.165) is 16.1 Å². The molecule has 17 heavy (non-hydrogen) atoms. The SMILES string of the molecule is CCCC(CBr)(CCC)CSc1cnccn1. The van der Waals surface area contributed by atoms with Gasteiger partial charge in [-0.15, -0.1) is 11.8 Å². The summed E-state index contributed by atoms with van der Waals surface area (Å²) in [6.07, 6.45) is 10.4. The van der Waals surface area contributed by atoms with Crippen LogP contribution in [0.15, 0.2) is 23.6 Å². The summed E-state index contributed by atoms with van der Waals surface area (Å²) in [7, 11) is 0. The van der Waals surface area contributed by atoms with Gasteiger partial charge in [0.05, 0.1) is 6.20 Å². The van der Waals surface area contributed by atoms with Gasteiger partial charge >= 0.3 is 0 Å². The van der Waals surface area contributed by atoms with Gasteiger partial charge in [-0.05, 0) is 18.3 Å². The molecule has 0 aliphatic rings. The van der Waals surface area contributed by atoms with Crippen molar-refractivity contribution >= 4 is 27.7 Å². The van der Waals surface area contributed by atoms with Crippen LogP contribution in [0.5, 0.6) is 0 Å². The number of rotatable bonds is 8. The predicted octanol–water partition coefficient (Wildman–Crippen LogP) is 4.55. The van der Waals surface area contributed by atoms with E-state index in [1.807, 2.05) is 18.0 Å². The van der Waals surface area contributed by atoms with E-state index in [2.05, 4.69) is 39.7 Å². The molecule has 0 unspecified atom stereocenters. The number of alkyl halides is 1. The maximum absolute atomic E-state index is 4.32. The summed E-state index contributed by atoms with van der Waals surface area (Å²) in [5.41, 5.74) is 0.408. The van der Waals surface area contributed by atoms with Gasteiger partial charge in [0, 0.05) is 23.5 Å². The summed E-state index contributed by atoms with van der Waals surface area (Å²) in [4.78, 5) is 8.43. The van der Waals surface area contributed by atoms with E-state index in [1.165, 1.54) is 25.7 Å². The minimum absolute atomic E-state index is 0.408. The van der Waals surface area contributed by atoms with E-state index in [9.17, 15) is 0 Å². The Bertz CT molecular complexity index is 300. The van der Waals surface area contributed by atoms with Crippen molar-refractivity contribution in [3.8, 4) is 0 Å². The van der Waals surface area contributed by atoms with Gasteiger partial charge in [-0.1, -0.05) is 42.6 Å². The molecule has 1 aromatic rings. The van der Waals surface area contributed by atoms with Gasteiger partial charge in [-0.25, -0.2) is 4.98 Å². The van der Waals surface area contributed by atoms with Crippen molar-refractivity contribution in [2.75, 3.05) is 11.1 Å². The molecule has 1 rings (SSSR count). The number of halogens is 1. The second-order valence-corrected chi connectivity index (χ2v) is 6.02. The molecule has 0 aliphatic carbocycles. The Hall–Kier alpha value is -0.0900. The van der Waals surface area contributed by atoms with Gasteiger partial charge < -0.3 is 0 Å². The van der Waals surface area contributed by atoms with Crippen LogP contribution in [0.1, 0.15) is 39.5 Å². The maximum Gasteiger partial charge on any atom is 0.114 e. The van der Waals surface area contributed by atoms with Crippen molar-refractivity contribution in [1.82, 2.24) is 9.97 Å². The van der Waals surface area contributed by atoms with Crippen molar-refractivity contribution in [1.29, 1.82) is 0 Å².